The molecule has 0 atom stereocenters. The van der Waals surface area contributed by atoms with Gasteiger partial charge in [-0.3, -0.25) is 0 Å². The van der Waals surface area contributed by atoms with Crippen molar-refractivity contribution in [2.45, 2.75) is 6.61 Å². The number of nitrogen functional groups attached to an aromatic ring is 1. The van der Waals surface area contributed by atoms with Crippen molar-refractivity contribution >= 4 is 37.5 Å². The van der Waals surface area contributed by atoms with E-state index in [-0.39, 0.29) is 0 Å². The molecule has 0 saturated heterocycles. The number of hydrogen-bond donors (Lipinski definition) is 1. The molecule has 0 aromatic heterocycles. The van der Waals surface area contributed by atoms with E-state index in [0.717, 1.165) is 20.3 Å². The molecule has 0 aliphatic carbocycles. The quantitative estimate of drug-likeness (QED) is 0.828. The van der Waals surface area contributed by atoms with Gasteiger partial charge in [0.1, 0.15) is 12.4 Å². The van der Waals surface area contributed by atoms with Crippen LogP contribution < -0.4 is 10.5 Å². The number of nitrogens with two attached hydrogens (primary N) is 1. The van der Waals surface area contributed by atoms with Crippen molar-refractivity contribution in [1.82, 2.24) is 0 Å². The van der Waals surface area contributed by atoms with Gasteiger partial charge in [0.05, 0.1) is 4.47 Å². The van der Waals surface area contributed by atoms with Crippen molar-refractivity contribution in [1.29, 1.82) is 0 Å². The Bertz CT molecular complexity index is 511. The van der Waals surface area contributed by atoms with Crippen molar-refractivity contribution in [3.8, 4) is 5.75 Å². The van der Waals surface area contributed by atoms with Gasteiger partial charge in [-0.15, -0.1) is 0 Å². The van der Waals surface area contributed by atoms with E-state index in [1.165, 1.54) is 0 Å². The molecule has 0 spiro atoms. The zero-order valence-corrected chi connectivity index (χ0v) is 12.2. The number of rotatable bonds is 3. The Balaban J connectivity index is 2.07. The van der Waals surface area contributed by atoms with Gasteiger partial charge >= 0.3 is 0 Å². The van der Waals surface area contributed by atoms with Crippen molar-refractivity contribution < 1.29 is 4.74 Å². The Kier molecular flexibility index (Phi) is 4.07. The summed E-state index contributed by atoms with van der Waals surface area (Å²) in [5.41, 5.74) is 7.52. The van der Waals surface area contributed by atoms with Crippen LogP contribution in [-0.4, -0.2) is 0 Å². The standard InChI is InChI=1S/C13H11Br2NO/c14-10-3-1-9(2-4-10)8-17-13-7-11(16)5-6-12(13)15/h1-7H,8,16H2. The second-order valence-electron chi connectivity index (χ2n) is 3.61. The maximum Gasteiger partial charge on any atom is 0.136 e. The minimum atomic E-state index is 0.523. The summed E-state index contributed by atoms with van der Waals surface area (Å²) in [6, 6.07) is 13.5. The molecule has 4 heteroatoms. The fourth-order valence-electron chi connectivity index (χ4n) is 1.37. The maximum atomic E-state index is 5.71. The zero-order chi connectivity index (χ0) is 12.3. The molecule has 0 saturated carbocycles. The second-order valence-corrected chi connectivity index (χ2v) is 5.38. The second kappa shape index (κ2) is 5.56. The summed E-state index contributed by atoms with van der Waals surface area (Å²) in [4.78, 5) is 0. The Morgan fingerprint density at radius 2 is 1.71 bits per heavy atom. The maximum absolute atomic E-state index is 5.71. The summed E-state index contributed by atoms with van der Waals surface area (Å²) < 4.78 is 7.67. The molecule has 88 valence electrons. The van der Waals surface area contributed by atoms with Crippen LogP contribution in [0.5, 0.6) is 5.75 Å². The van der Waals surface area contributed by atoms with E-state index in [4.69, 9.17) is 10.5 Å². The molecule has 2 aromatic carbocycles. The van der Waals surface area contributed by atoms with E-state index >= 15 is 0 Å². The van der Waals surface area contributed by atoms with Gasteiger partial charge in [-0.05, 0) is 45.8 Å². The van der Waals surface area contributed by atoms with E-state index in [2.05, 4.69) is 31.9 Å². The molecular weight excluding hydrogens is 346 g/mol. The third kappa shape index (κ3) is 3.48. The Morgan fingerprint density at radius 1 is 1.00 bits per heavy atom. The highest BCUT2D eigenvalue weighted by atomic mass is 79.9. The molecule has 0 amide bonds. The van der Waals surface area contributed by atoms with Gasteiger partial charge in [0.15, 0.2) is 0 Å². The van der Waals surface area contributed by atoms with Crippen LogP contribution in [0.15, 0.2) is 51.4 Å². The summed E-state index contributed by atoms with van der Waals surface area (Å²) in [6.45, 7) is 0.523. The Labute approximate surface area is 117 Å². The van der Waals surface area contributed by atoms with Crippen molar-refractivity contribution in [3.63, 3.8) is 0 Å². The van der Waals surface area contributed by atoms with E-state index in [1.807, 2.05) is 42.5 Å². The number of ether oxygens (including phenoxy) is 1. The van der Waals surface area contributed by atoms with Crippen molar-refractivity contribution in [2.24, 2.45) is 0 Å². The van der Waals surface area contributed by atoms with Crippen LogP contribution in [0.3, 0.4) is 0 Å². The van der Waals surface area contributed by atoms with Gasteiger partial charge in [0, 0.05) is 16.2 Å². The van der Waals surface area contributed by atoms with E-state index in [9.17, 15) is 0 Å². The predicted octanol–water partition coefficient (Wildman–Crippen LogP) is 4.37. The molecule has 0 fully saturated rings. The average Bonchev–Trinajstić information content (AvgIpc) is 2.32. The fraction of sp³-hybridized carbons (Fsp3) is 0.0769. The molecule has 0 heterocycles. The first-order chi connectivity index (χ1) is 8.15. The van der Waals surface area contributed by atoms with E-state index in [1.54, 1.807) is 0 Å². The smallest absolute Gasteiger partial charge is 0.136 e. The number of anilines is 1. The molecule has 2 N–H and O–H groups in total. The number of hydrogen-bond acceptors (Lipinski definition) is 2. The third-order valence-electron chi connectivity index (χ3n) is 2.26. The normalized spacial score (nSPS) is 10.2. The van der Waals surface area contributed by atoms with Gasteiger partial charge in [-0.1, -0.05) is 28.1 Å². The molecular formula is C13H11Br2NO. The summed E-state index contributed by atoms with van der Waals surface area (Å²) in [5.74, 6) is 0.757. The van der Waals surface area contributed by atoms with Crippen LogP contribution in [0, 0.1) is 0 Å². The van der Waals surface area contributed by atoms with Gasteiger partial charge < -0.3 is 10.5 Å². The van der Waals surface area contributed by atoms with Crippen LogP contribution >= 0.6 is 31.9 Å². The van der Waals surface area contributed by atoms with Gasteiger partial charge in [0.25, 0.3) is 0 Å². The molecule has 0 radical (unpaired) electrons. The molecule has 0 aliphatic heterocycles. The minimum Gasteiger partial charge on any atom is -0.488 e. The highest BCUT2D eigenvalue weighted by molar-refractivity contribution is 9.10. The molecule has 2 nitrogen and oxygen atoms in total. The zero-order valence-electron chi connectivity index (χ0n) is 8.99. The van der Waals surface area contributed by atoms with Crippen LogP contribution in [0.1, 0.15) is 5.56 Å². The molecule has 2 rings (SSSR count). The lowest BCUT2D eigenvalue weighted by Gasteiger charge is -2.09. The lowest BCUT2D eigenvalue weighted by molar-refractivity contribution is 0.304. The SMILES string of the molecule is Nc1ccc(Br)c(OCc2ccc(Br)cc2)c1. The highest BCUT2D eigenvalue weighted by Gasteiger charge is 2.02. The monoisotopic (exact) mass is 355 g/mol. The third-order valence-corrected chi connectivity index (χ3v) is 3.45. The number of halogens is 2. The van der Waals surface area contributed by atoms with Crippen molar-refractivity contribution in [3.05, 3.63) is 57.0 Å². The minimum absolute atomic E-state index is 0.523. The van der Waals surface area contributed by atoms with Crippen LogP contribution in [0.25, 0.3) is 0 Å². The predicted molar refractivity (Wildman–Crippen MR) is 77.0 cm³/mol. The van der Waals surface area contributed by atoms with E-state index in [0.29, 0.717) is 12.3 Å². The summed E-state index contributed by atoms with van der Waals surface area (Å²) in [7, 11) is 0. The molecule has 0 aliphatic rings. The topological polar surface area (TPSA) is 35.2 Å². The van der Waals surface area contributed by atoms with Crippen LogP contribution in [0.4, 0.5) is 5.69 Å². The van der Waals surface area contributed by atoms with Crippen LogP contribution in [0.2, 0.25) is 0 Å². The van der Waals surface area contributed by atoms with Gasteiger partial charge in [0.2, 0.25) is 0 Å². The number of benzene rings is 2. The molecule has 0 unspecified atom stereocenters. The van der Waals surface area contributed by atoms with Gasteiger partial charge in [-0.2, -0.15) is 0 Å². The highest BCUT2D eigenvalue weighted by Crippen LogP contribution is 2.27. The Hall–Kier alpha value is -1.00. The van der Waals surface area contributed by atoms with E-state index < -0.39 is 0 Å². The molecule has 0 bridgehead atoms. The first-order valence-corrected chi connectivity index (χ1v) is 6.66. The summed E-state index contributed by atoms with van der Waals surface area (Å²) >= 11 is 6.83. The van der Waals surface area contributed by atoms with Crippen LogP contribution in [-0.2, 0) is 6.61 Å². The molecule has 2 aromatic rings. The fourth-order valence-corrected chi connectivity index (χ4v) is 2.00. The average molecular weight is 357 g/mol. The summed E-state index contributed by atoms with van der Waals surface area (Å²) in [6.07, 6.45) is 0. The Morgan fingerprint density at radius 3 is 2.41 bits per heavy atom. The lowest BCUT2D eigenvalue weighted by atomic mass is 10.2. The first kappa shape index (κ1) is 12.5. The van der Waals surface area contributed by atoms with Gasteiger partial charge in [-0.25, -0.2) is 0 Å². The molecule has 17 heavy (non-hydrogen) atoms. The van der Waals surface area contributed by atoms with Crippen molar-refractivity contribution in [2.75, 3.05) is 5.73 Å². The first-order valence-electron chi connectivity index (χ1n) is 5.07. The lowest BCUT2D eigenvalue weighted by Crippen LogP contribution is -1.96. The largest absolute Gasteiger partial charge is 0.488 e. The summed E-state index contributed by atoms with van der Waals surface area (Å²) in [5, 5.41) is 0.